The lowest BCUT2D eigenvalue weighted by atomic mass is 10.0. The lowest BCUT2D eigenvalue weighted by Gasteiger charge is -2.21. The molecule has 0 aromatic heterocycles. The van der Waals surface area contributed by atoms with Gasteiger partial charge in [0.05, 0.1) is 0 Å². The molecule has 5 nitrogen and oxygen atoms in total. The summed E-state index contributed by atoms with van der Waals surface area (Å²) in [5.41, 5.74) is 0.0170. The fraction of sp³-hybridized carbons (Fsp3) is 0.500. The van der Waals surface area contributed by atoms with Gasteiger partial charge >= 0.3 is 6.09 Å². The van der Waals surface area contributed by atoms with Crippen molar-refractivity contribution in [3.8, 4) is 5.75 Å². The van der Waals surface area contributed by atoms with Crippen LogP contribution in [0.2, 0.25) is 0 Å². The molecule has 0 saturated heterocycles. The number of ether oxygens (including phenoxy) is 1. The van der Waals surface area contributed by atoms with Crippen LogP contribution in [0.1, 0.15) is 50.9 Å². The molecule has 0 bridgehead atoms. The third-order valence-electron chi connectivity index (χ3n) is 2.76. The van der Waals surface area contributed by atoms with Gasteiger partial charge in [-0.25, -0.2) is 4.79 Å². The Balaban J connectivity index is 2.39. The number of phenolic OH excluding ortho intramolecular Hbond substituents is 1. The quantitative estimate of drug-likeness (QED) is 0.817. The summed E-state index contributed by atoms with van der Waals surface area (Å²) < 4.78 is 5.15. The number of ketones is 1. The third kappa shape index (κ3) is 6.79. The second kappa shape index (κ2) is 7.11. The second-order valence-corrected chi connectivity index (χ2v) is 6.06. The number of hydrogen-bond donors (Lipinski definition) is 2. The smallest absolute Gasteiger partial charge is 0.407 e. The lowest BCUT2D eigenvalue weighted by molar-refractivity contribution is 0.0504. The number of carbonyl (C=O) groups is 2. The maximum Gasteiger partial charge on any atom is 0.407 e. The van der Waals surface area contributed by atoms with Crippen molar-refractivity contribution in [2.75, 3.05) is 0 Å². The van der Waals surface area contributed by atoms with E-state index in [0.717, 1.165) is 0 Å². The Hall–Kier alpha value is -2.04. The minimum Gasteiger partial charge on any atom is -0.508 e. The largest absolute Gasteiger partial charge is 0.508 e. The molecular weight excluding hydrogens is 270 g/mol. The van der Waals surface area contributed by atoms with Crippen LogP contribution in [0, 0.1) is 0 Å². The summed E-state index contributed by atoms with van der Waals surface area (Å²) in [5, 5.41) is 11.9. The molecular formula is C16H23NO4. The van der Waals surface area contributed by atoms with E-state index in [9.17, 15) is 14.7 Å². The molecule has 0 unspecified atom stereocenters. The van der Waals surface area contributed by atoms with Gasteiger partial charge in [0.2, 0.25) is 0 Å². The number of rotatable bonds is 5. The molecule has 2 N–H and O–H groups in total. The summed E-state index contributed by atoms with van der Waals surface area (Å²) in [6.45, 7) is 7.22. The molecule has 0 radical (unpaired) electrons. The average Bonchev–Trinajstić information content (AvgIpc) is 2.34. The van der Waals surface area contributed by atoms with Crippen LogP contribution in [0.3, 0.4) is 0 Å². The molecule has 1 aromatic carbocycles. The molecule has 1 atom stereocenters. The molecule has 0 heterocycles. The summed E-state index contributed by atoms with van der Waals surface area (Å²) in [6.07, 6.45) is 0.368. The normalized spacial score (nSPS) is 12.6. The average molecular weight is 293 g/mol. The van der Waals surface area contributed by atoms with E-state index < -0.39 is 11.7 Å². The Bertz CT molecular complexity index is 488. The number of benzene rings is 1. The number of phenols is 1. The second-order valence-electron chi connectivity index (χ2n) is 6.06. The van der Waals surface area contributed by atoms with Crippen molar-refractivity contribution < 1.29 is 19.4 Å². The third-order valence-corrected chi connectivity index (χ3v) is 2.76. The van der Waals surface area contributed by atoms with E-state index >= 15 is 0 Å². The maximum absolute atomic E-state index is 11.9. The molecule has 0 aliphatic rings. The SMILES string of the molecule is C[C@@H](CCC(=O)c1ccc(O)cc1)NC(=O)OC(C)(C)C. The monoisotopic (exact) mass is 293 g/mol. The number of Topliss-reactive ketones (excluding diaryl/α,β-unsaturated/α-hetero) is 1. The Kier molecular flexibility index (Phi) is 5.76. The number of carbonyl (C=O) groups excluding carboxylic acids is 2. The molecule has 0 aliphatic heterocycles. The predicted octanol–water partition coefficient (Wildman–Crippen LogP) is 3.27. The number of hydrogen-bond acceptors (Lipinski definition) is 4. The van der Waals surface area contributed by atoms with Crippen molar-refractivity contribution in [1.82, 2.24) is 5.32 Å². The van der Waals surface area contributed by atoms with E-state index in [0.29, 0.717) is 18.4 Å². The Morgan fingerprint density at radius 2 is 1.81 bits per heavy atom. The van der Waals surface area contributed by atoms with E-state index in [1.807, 2.05) is 6.92 Å². The topological polar surface area (TPSA) is 75.6 Å². The van der Waals surface area contributed by atoms with Gasteiger partial charge in [-0.05, 0) is 58.4 Å². The van der Waals surface area contributed by atoms with E-state index in [-0.39, 0.29) is 17.6 Å². The number of alkyl carbamates (subject to hydrolysis) is 1. The highest BCUT2D eigenvalue weighted by Crippen LogP contribution is 2.13. The minimum absolute atomic E-state index is 0.0205. The van der Waals surface area contributed by atoms with Crippen LogP contribution in [0.4, 0.5) is 4.79 Å². The maximum atomic E-state index is 11.9. The van der Waals surface area contributed by atoms with E-state index in [2.05, 4.69) is 5.32 Å². The number of aromatic hydroxyl groups is 1. The fourth-order valence-corrected chi connectivity index (χ4v) is 1.72. The highest BCUT2D eigenvalue weighted by Gasteiger charge is 2.18. The van der Waals surface area contributed by atoms with Crippen molar-refractivity contribution in [3.05, 3.63) is 29.8 Å². The van der Waals surface area contributed by atoms with Gasteiger partial charge < -0.3 is 15.2 Å². The Morgan fingerprint density at radius 3 is 2.33 bits per heavy atom. The summed E-state index contributed by atoms with van der Waals surface area (Å²) in [6, 6.07) is 5.99. The van der Waals surface area contributed by atoms with E-state index in [4.69, 9.17) is 4.74 Å². The van der Waals surface area contributed by atoms with Gasteiger partial charge in [-0.2, -0.15) is 0 Å². The van der Waals surface area contributed by atoms with Gasteiger partial charge in [0.25, 0.3) is 0 Å². The highest BCUT2D eigenvalue weighted by molar-refractivity contribution is 5.96. The molecule has 0 fully saturated rings. The molecule has 0 spiro atoms. The Labute approximate surface area is 125 Å². The van der Waals surface area contributed by atoms with Crippen LogP contribution < -0.4 is 5.32 Å². The molecule has 0 aliphatic carbocycles. The van der Waals surface area contributed by atoms with Gasteiger partial charge in [-0.3, -0.25) is 4.79 Å². The predicted molar refractivity (Wildman–Crippen MR) is 80.5 cm³/mol. The van der Waals surface area contributed by atoms with Gasteiger partial charge in [0.1, 0.15) is 11.4 Å². The summed E-state index contributed by atoms with van der Waals surface area (Å²) in [5.74, 6) is 0.111. The zero-order valence-electron chi connectivity index (χ0n) is 13.0. The van der Waals surface area contributed by atoms with E-state index in [1.54, 1.807) is 32.9 Å². The van der Waals surface area contributed by atoms with Crippen LogP contribution in [-0.4, -0.2) is 28.6 Å². The minimum atomic E-state index is -0.536. The van der Waals surface area contributed by atoms with Crippen molar-refractivity contribution in [1.29, 1.82) is 0 Å². The van der Waals surface area contributed by atoms with Gasteiger partial charge in [-0.1, -0.05) is 0 Å². The molecule has 0 saturated carbocycles. The first-order chi connectivity index (χ1) is 9.67. The molecule has 1 rings (SSSR count). The van der Waals surface area contributed by atoms with Gasteiger partial charge in [0.15, 0.2) is 5.78 Å². The zero-order chi connectivity index (χ0) is 16.0. The summed E-state index contributed by atoms with van der Waals surface area (Å²) in [4.78, 5) is 23.5. The molecule has 116 valence electrons. The fourth-order valence-electron chi connectivity index (χ4n) is 1.72. The lowest BCUT2D eigenvalue weighted by Crippen LogP contribution is -2.37. The number of amides is 1. The van der Waals surface area contributed by atoms with Crippen LogP contribution in [0.15, 0.2) is 24.3 Å². The number of nitrogens with one attached hydrogen (secondary N) is 1. The van der Waals surface area contributed by atoms with E-state index in [1.165, 1.54) is 12.1 Å². The first kappa shape index (κ1) is 17.0. The van der Waals surface area contributed by atoms with Crippen molar-refractivity contribution in [3.63, 3.8) is 0 Å². The molecule has 5 heteroatoms. The molecule has 1 aromatic rings. The van der Waals surface area contributed by atoms with Crippen molar-refractivity contribution >= 4 is 11.9 Å². The summed E-state index contributed by atoms with van der Waals surface area (Å²) >= 11 is 0. The molecule has 1 amide bonds. The standard InChI is InChI=1S/C16H23NO4/c1-11(17-15(20)21-16(2,3)4)5-10-14(19)12-6-8-13(18)9-7-12/h6-9,11,18H,5,10H2,1-4H3,(H,17,20)/t11-/m0/s1. The van der Waals surface area contributed by atoms with Crippen LogP contribution in [-0.2, 0) is 4.74 Å². The highest BCUT2D eigenvalue weighted by atomic mass is 16.6. The van der Waals surface area contributed by atoms with Gasteiger partial charge in [-0.15, -0.1) is 0 Å². The van der Waals surface area contributed by atoms with Gasteiger partial charge in [0, 0.05) is 18.0 Å². The van der Waals surface area contributed by atoms with Crippen molar-refractivity contribution in [2.24, 2.45) is 0 Å². The first-order valence-corrected chi connectivity index (χ1v) is 6.99. The summed E-state index contributed by atoms with van der Waals surface area (Å²) in [7, 11) is 0. The van der Waals surface area contributed by atoms with Crippen LogP contribution in [0.25, 0.3) is 0 Å². The Morgan fingerprint density at radius 1 is 1.24 bits per heavy atom. The zero-order valence-corrected chi connectivity index (χ0v) is 13.0. The van der Waals surface area contributed by atoms with Crippen molar-refractivity contribution in [2.45, 2.75) is 52.2 Å². The molecule has 21 heavy (non-hydrogen) atoms. The first-order valence-electron chi connectivity index (χ1n) is 6.99. The van der Waals surface area contributed by atoms with Crippen LogP contribution in [0.5, 0.6) is 5.75 Å². The van der Waals surface area contributed by atoms with Crippen LogP contribution >= 0.6 is 0 Å².